The summed E-state index contributed by atoms with van der Waals surface area (Å²) in [5, 5.41) is 21.9. The predicted molar refractivity (Wildman–Crippen MR) is 62.6 cm³/mol. The summed E-state index contributed by atoms with van der Waals surface area (Å²) >= 11 is 0. The molecule has 0 aliphatic heterocycles. The van der Waals surface area contributed by atoms with E-state index in [-0.39, 0.29) is 23.8 Å². The van der Waals surface area contributed by atoms with E-state index in [2.05, 4.69) is 5.32 Å². The molecule has 2 unspecified atom stereocenters. The number of para-hydroxylation sites is 1. The van der Waals surface area contributed by atoms with E-state index >= 15 is 0 Å². The van der Waals surface area contributed by atoms with Crippen LogP contribution in [0.2, 0.25) is 0 Å². The van der Waals surface area contributed by atoms with Gasteiger partial charge >= 0.3 is 0 Å². The van der Waals surface area contributed by atoms with Crippen molar-refractivity contribution in [1.82, 2.24) is 5.32 Å². The Labute approximate surface area is 104 Å². The normalized spacial score (nSPS) is 13.8. The van der Waals surface area contributed by atoms with Crippen LogP contribution in [0, 0.1) is 5.82 Å². The van der Waals surface area contributed by atoms with Gasteiger partial charge in [0.25, 0.3) is 0 Å². The second-order valence-corrected chi connectivity index (χ2v) is 3.81. The number of methoxy groups -OCH3 is 1. The van der Waals surface area contributed by atoms with Gasteiger partial charge in [0.1, 0.15) is 12.2 Å². The molecule has 2 atom stereocenters. The first-order chi connectivity index (χ1) is 8.47. The highest BCUT2D eigenvalue weighted by atomic mass is 19.1. The fourth-order valence-electron chi connectivity index (χ4n) is 1.54. The number of carbonyl (C=O) groups is 1. The van der Waals surface area contributed by atoms with Gasteiger partial charge in [0.05, 0.1) is 7.11 Å². The molecule has 0 heterocycles. The zero-order valence-electron chi connectivity index (χ0n) is 10.2. The molecular weight excluding hydrogens is 241 g/mol. The van der Waals surface area contributed by atoms with Crippen molar-refractivity contribution in [2.24, 2.45) is 0 Å². The molecule has 3 N–H and O–H groups in total. The van der Waals surface area contributed by atoms with Crippen LogP contribution in [0.3, 0.4) is 0 Å². The second kappa shape index (κ2) is 6.32. The van der Waals surface area contributed by atoms with Crippen LogP contribution in [0.25, 0.3) is 0 Å². The minimum Gasteiger partial charge on any atom is -0.493 e. The summed E-state index contributed by atoms with van der Waals surface area (Å²) in [7, 11) is 1.27. The largest absolute Gasteiger partial charge is 0.493 e. The third kappa shape index (κ3) is 3.41. The Morgan fingerprint density at radius 2 is 2.17 bits per heavy atom. The minimum atomic E-state index is -1.34. The summed E-state index contributed by atoms with van der Waals surface area (Å²) < 4.78 is 18.2. The highest BCUT2D eigenvalue weighted by molar-refractivity contribution is 5.72. The molecule has 1 aromatic rings. The number of hydrogen-bond acceptors (Lipinski definition) is 4. The summed E-state index contributed by atoms with van der Waals surface area (Å²) in [6.45, 7) is 1.16. The summed E-state index contributed by atoms with van der Waals surface area (Å²) in [4.78, 5) is 10.7. The van der Waals surface area contributed by atoms with E-state index < -0.39 is 18.0 Å². The van der Waals surface area contributed by atoms with E-state index in [1.165, 1.54) is 32.2 Å². The van der Waals surface area contributed by atoms with Crippen LogP contribution in [-0.4, -0.2) is 35.9 Å². The first-order valence-corrected chi connectivity index (χ1v) is 5.40. The van der Waals surface area contributed by atoms with Crippen LogP contribution < -0.4 is 10.1 Å². The van der Waals surface area contributed by atoms with Gasteiger partial charge in [-0.2, -0.15) is 0 Å². The van der Waals surface area contributed by atoms with Crippen LogP contribution in [-0.2, 0) is 4.79 Å². The molecule has 0 aliphatic rings. The number of amides is 1. The maximum atomic E-state index is 13.4. The molecule has 0 spiro atoms. The number of benzene rings is 1. The third-order valence-corrected chi connectivity index (χ3v) is 2.44. The molecular formula is C12H16FNO4. The van der Waals surface area contributed by atoms with Crippen LogP contribution >= 0.6 is 0 Å². The van der Waals surface area contributed by atoms with Gasteiger partial charge in [0, 0.05) is 19.0 Å². The molecule has 18 heavy (non-hydrogen) atoms. The van der Waals surface area contributed by atoms with Crippen molar-refractivity contribution in [3.63, 3.8) is 0 Å². The highest BCUT2D eigenvalue weighted by Crippen LogP contribution is 2.29. The maximum Gasteiger partial charge on any atom is 0.216 e. The molecule has 0 bridgehead atoms. The van der Waals surface area contributed by atoms with Crippen molar-refractivity contribution in [3.05, 3.63) is 29.6 Å². The molecule has 6 heteroatoms. The number of nitrogens with one attached hydrogen (secondary N) is 1. The summed E-state index contributed by atoms with van der Waals surface area (Å²) in [6.07, 6.45) is -2.59. The monoisotopic (exact) mass is 257 g/mol. The molecule has 100 valence electrons. The standard InChI is InChI=1S/C12H16FNO4/c1-7(15)14-6-10(16)11(17)8-4-3-5-9(13)12(8)18-2/h3-5,10-11,16-17H,6H2,1-2H3,(H,14,15). The van der Waals surface area contributed by atoms with Crippen molar-refractivity contribution in [3.8, 4) is 5.75 Å². The molecule has 0 aromatic heterocycles. The lowest BCUT2D eigenvalue weighted by Crippen LogP contribution is -2.34. The molecule has 1 amide bonds. The molecule has 0 fully saturated rings. The summed E-state index contributed by atoms with van der Waals surface area (Å²) in [5.41, 5.74) is 0.135. The highest BCUT2D eigenvalue weighted by Gasteiger charge is 2.23. The van der Waals surface area contributed by atoms with E-state index in [4.69, 9.17) is 4.74 Å². The molecule has 1 aromatic carbocycles. The fourth-order valence-corrected chi connectivity index (χ4v) is 1.54. The molecule has 0 radical (unpaired) electrons. The number of aliphatic hydroxyl groups is 2. The lowest BCUT2D eigenvalue weighted by atomic mass is 10.0. The van der Waals surface area contributed by atoms with Gasteiger partial charge in [-0.25, -0.2) is 4.39 Å². The van der Waals surface area contributed by atoms with Gasteiger partial charge in [-0.15, -0.1) is 0 Å². The van der Waals surface area contributed by atoms with E-state index in [0.717, 1.165) is 0 Å². The number of hydrogen-bond donors (Lipinski definition) is 3. The van der Waals surface area contributed by atoms with Crippen molar-refractivity contribution in [2.75, 3.05) is 13.7 Å². The van der Waals surface area contributed by atoms with Crippen molar-refractivity contribution in [1.29, 1.82) is 0 Å². The molecule has 0 saturated carbocycles. The van der Waals surface area contributed by atoms with Gasteiger partial charge in [-0.05, 0) is 6.07 Å². The Morgan fingerprint density at radius 3 is 2.72 bits per heavy atom. The SMILES string of the molecule is COc1c(F)cccc1C(O)C(O)CNC(C)=O. The number of ether oxygens (including phenoxy) is 1. The second-order valence-electron chi connectivity index (χ2n) is 3.81. The first kappa shape index (κ1) is 14.4. The summed E-state index contributed by atoms with van der Waals surface area (Å²) in [5.74, 6) is -1.07. The van der Waals surface area contributed by atoms with Crippen LogP contribution in [0.5, 0.6) is 5.75 Å². The minimum absolute atomic E-state index is 0.119. The van der Waals surface area contributed by atoms with Crippen LogP contribution in [0.15, 0.2) is 18.2 Å². The van der Waals surface area contributed by atoms with Gasteiger partial charge < -0.3 is 20.3 Å². The lowest BCUT2D eigenvalue weighted by Gasteiger charge is -2.20. The third-order valence-electron chi connectivity index (χ3n) is 2.44. The number of aliphatic hydroxyl groups excluding tert-OH is 2. The smallest absolute Gasteiger partial charge is 0.216 e. The lowest BCUT2D eigenvalue weighted by molar-refractivity contribution is -0.119. The quantitative estimate of drug-likeness (QED) is 0.712. The fraction of sp³-hybridized carbons (Fsp3) is 0.417. The van der Waals surface area contributed by atoms with Crippen molar-refractivity contribution >= 4 is 5.91 Å². The van der Waals surface area contributed by atoms with Crippen molar-refractivity contribution in [2.45, 2.75) is 19.1 Å². The molecule has 0 saturated heterocycles. The van der Waals surface area contributed by atoms with Gasteiger partial charge in [-0.3, -0.25) is 4.79 Å². The average molecular weight is 257 g/mol. The van der Waals surface area contributed by atoms with Crippen LogP contribution in [0.1, 0.15) is 18.6 Å². The van der Waals surface area contributed by atoms with Gasteiger partial charge in [0.15, 0.2) is 11.6 Å². The zero-order valence-corrected chi connectivity index (χ0v) is 10.2. The summed E-state index contributed by atoms with van der Waals surface area (Å²) in [6, 6.07) is 4.04. The van der Waals surface area contributed by atoms with Gasteiger partial charge in [0.2, 0.25) is 5.91 Å². The predicted octanol–water partition coefficient (Wildman–Crippen LogP) is 0.365. The molecule has 5 nitrogen and oxygen atoms in total. The topological polar surface area (TPSA) is 78.8 Å². The first-order valence-electron chi connectivity index (χ1n) is 5.40. The zero-order chi connectivity index (χ0) is 13.7. The Kier molecular flexibility index (Phi) is 5.06. The Morgan fingerprint density at radius 1 is 1.50 bits per heavy atom. The number of halogens is 1. The Bertz CT molecular complexity index is 425. The Hall–Kier alpha value is -1.66. The molecule has 0 aliphatic carbocycles. The van der Waals surface area contributed by atoms with E-state index in [0.29, 0.717) is 0 Å². The average Bonchev–Trinajstić information content (AvgIpc) is 2.34. The Balaban J connectivity index is 2.86. The molecule has 1 rings (SSSR count). The number of rotatable bonds is 5. The maximum absolute atomic E-state index is 13.4. The van der Waals surface area contributed by atoms with E-state index in [1.54, 1.807) is 0 Å². The van der Waals surface area contributed by atoms with Crippen molar-refractivity contribution < 1.29 is 24.1 Å². The van der Waals surface area contributed by atoms with E-state index in [9.17, 15) is 19.4 Å². The van der Waals surface area contributed by atoms with Crippen LogP contribution in [0.4, 0.5) is 4.39 Å². The number of carbonyl (C=O) groups excluding carboxylic acids is 1. The van der Waals surface area contributed by atoms with E-state index in [1.807, 2.05) is 0 Å². The van der Waals surface area contributed by atoms with Gasteiger partial charge in [-0.1, -0.05) is 12.1 Å².